The first kappa shape index (κ1) is 13.6. The Morgan fingerprint density at radius 1 is 1.33 bits per heavy atom. The Labute approximate surface area is 111 Å². The van der Waals surface area contributed by atoms with Crippen LogP contribution >= 0.6 is 0 Å². The van der Waals surface area contributed by atoms with Crippen molar-refractivity contribution in [3.05, 3.63) is 35.9 Å². The van der Waals surface area contributed by atoms with Gasteiger partial charge >= 0.3 is 0 Å². The molecule has 0 aromatic heterocycles. The van der Waals surface area contributed by atoms with Gasteiger partial charge in [-0.3, -0.25) is 4.90 Å². The van der Waals surface area contributed by atoms with Crippen LogP contribution in [0, 0.1) is 0 Å². The molecule has 0 bridgehead atoms. The van der Waals surface area contributed by atoms with E-state index in [9.17, 15) is 0 Å². The Balaban J connectivity index is 1.86. The molecule has 2 atom stereocenters. The van der Waals surface area contributed by atoms with E-state index < -0.39 is 0 Å². The lowest BCUT2D eigenvalue weighted by molar-refractivity contribution is 0.200. The molecule has 1 aliphatic rings. The van der Waals surface area contributed by atoms with E-state index in [1.54, 1.807) is 0 Å². The van der Waals surface area contributed by atoms with Gasteiger partial charge in [-0.1, -0.05) is 37.3 Å². The Morgan fingerprint density at radius 3 is 2.72 bits per heavy atom. The third kappa shape index (κ3) is 3.82. The van der Waals surface area contributed by atoms with Crippen LogP contribution in [-0.2, 0) is 6.42 Å². The van der Waals surface area contributed by atoms with E-state index >= 15 is 0 Å². The third-order valence-corrected chi connectivity index (χ3v) is 4.02. The quantitative estimate of drug-likeness (QED) is 0.830. The molecular formula is C16H26N2. The summed E-state index contributed by atoms with van der Waals surface area (Å²) in [5, 5.41) is 3.60. The third-order valence-electron chi connectivity index (χ3n) is 4.02. The first-order chi connectivity index (χ1) is 8.79. The molecule has 1 fully saturated rings. The number of hydrogen-bond acceptors (Lipinski definition) is 2. The maximum atomic E-state index is 3.60. The minimum absolute atomic E-state index is 0.625. The van der Waals surface area contributed by atoms with E-state index in [2.05, 4.69) is 54.4 Å². The number of benzene rings is 1. The maximum Gasteiger partial charge on any atom is 0.0195 e. The molecule has 1 N–H and O–H groups in total. The summed E-state index contributed by atoms with van der Waals surface area (Å²) >= 11 is 0. The van der Waals surface area contributed by atoms with Crippen molar-refractivity contribution < 1.29 is 0 Å². The molecule has 1 heterocycles. The van der Waals surface area contributed by atoms with Gasteiger partial charge in [0.15, 0.2) is 0 Å². The number of rotatable bonds is 6. The number of nitrogens with zero attached hydrogens (tertiary/aromatic N) is 1. The molecule has 18 heavy (non-hydrogen) atoms. The van der Waals surface area contributed by atoms with Crippen molar-refractivity contribution in [2.45, 2.75) is 45.2 Å². The highest BCUT2D eigenvalue weighted by Crippen LogP contribution is 2.12. The molecule has 0 amide bonds. The summed E-state index contributed by atoms with van der Waals surface area (Å²) in [5.41, 5.74) is 1.45. The molecule has 100 valence electrons. The fraction of sp³-hybridized carbons (Fsp3) is 0.625. The van der Waals surface area contributed by atoms with E-state index in [0.717, 1.165) is 13.0 Å². The van der Waals surface area contributed by atoms with Crippen LogP contribution in [0.2, 0.25) is 0 Å². The van der Waals surface area contributed by atoms with E-state index in [1.807, 2.05) is 0 Å². The van der Waals surface area contributed by atoms with Crippen molar-refractivity contribution in [3.8, 4) is 0 Å². The number of nitrogens with one attached hydrogen (secondary N) is 1. The average Bonchev–Trinajstić information content (AvgIpc) is 2.90. The van der Waals surface area contributed by atoms with E-state index in [0.29, 0.717) is 12.1 Å². The summed E-state index contributed by atoms with van der Waals surface area (Å²) in [5.74, 6) is 0. The topological polar surface area (TPSA) is 15.3 Å². The van der Waals surface area contributed by atoms with Gasteiger partial charge in [-0.2, -0.15) is 0 Å². The van der Waals surface area contributed by atoms with E-state index in [1.165, 1.54) is 31.5 Å². The highest BCUT2D eigenvalue weighted by atomic mass is 15.2. The fourth-order valence-electron chi connectivity index (χ4n) is 2.90. The first-order valence-electron chi connectivity index (χ1n) is 7.31. The first-order valence-corrected chi connectivity index (χ1v) is 7.31. The lowest BCUT2D eigenvalue weighted by Crippen LogP contribution is -2.43. The molecular weight excluding hydrogens is 220 g/mol. The SMILES string of the molecule is CCN(CC1CCCN1)C(C)Cc1ccccc1. The molecule has 1 aromatic carbocycles. The zero-order valence-electron chi connectivity index (χ0n) is 11.7. The molecule has 1 aliphatic heterocycles. The predicted octanol–water partition coefficient (Wildman–Crippen LogP) is 2.69. The predicted molar refractivity (Wildman–Crippen MR) is 77.9 cm³/mol. The Kier molecular flexibility index (Phi) is 5.21. The van der Waals surface area contributed by atoms with Crippen LogP contribution in [0.4, 0.5) is 0 Å². The van der Waals surface area contributed by atoms with E-state index in [-0.39, 0.29) is 0 Å². The molecule has 0 radical (unpaired) electrons. The molecule has 1 aromatic rings. The van der Waals surface area contributed by atoms with Crippen molar-refractivity contribution in [2.75, 3.05) is 19.6 Å². The van der Waals surface area contributed by atoms with Gasteiger partial charge in [-0.05, 0) is 44.8 Å². The van der Waals surface area contributed by atoms with Gasteiger partial charge < -0.3 is 5.32 Å². The molecule has 1 saturated heterocycles. The van der Waals surface area contributed by atoms with Crippen molar-refractivity contribution in [1.82, 2.24) is 10.2 Å². The van der Waals surface area contributed by atoms with Gasteiger partial charge in [0, 0.05) is 18.6 Å². The zero-order chi connectivity index (χ0) is 12.8. The molecule has 0 aliphatic carbocycles. The molecule has 2 heteroatoms. The van der Waals surface area contributed by atoms with Crippen molar-refractivity contribution in [2.24, 2.45) is 0 Å². The standard InChI is InChI=1S/C16H26N2/c1-3-18(13-16-10-7-11-17-16)14(2)12-15-8-5-4-6-9-15/h4-6,8-9,14,16-17H,3,7,10-13H2,1-2H3. The molecule has 2 nitrogen and oxygen atoms in total. The second-order valence-electron chi connectivity index (χ2n) is 5.42. The lowest BCUT2D eigenvalue weighted by atomic mass is 10.1. The summed E-state index contributed by atoms with van der Waals surface area (Å²) in [6.07, 6.45) is 3.84. The van der Waals surface area contributed by atoms with Crippen LogP contribution in [0.5, 0.6) is 0 Å². The Morgan fingerprint density at radius 2 is 2.11 bits per heavy atom. The van der Waals surface area contributed by atoms with Crippen molar-refractivity contribution in [1.29, 1.82) is 0 Å². The maximum absolute atomic E-state index is 3.60. The van der Waals surface area contributed by atoms with Gasteiger partial charge in [0.2, 0.25) is 0 Å². The highest BCUT2D eigenvalue weighted by Gasteiger charge is 2.20. The van der Waals surface area contributed by atoms with Crippen LogP contribution in [-0.4, -0.2) is 36.6 Å². The summed E-state index contributed by atoms with van der Waals surface area (Å²) < 4.78 is 0. The van der Waals surface area contributed by atoms with Gasteiger partial charge in [-0.25, -0.2) is 0 Å². The van der Waals surface area contributed by atoms with Crippen LogP contribution in [0.15, 0.2) is 30.3 Å². The number of hydrogen-bond donors (Lipinski definition) is 1. The fourth-order valence-corrected chi connectivity index (χ4v) is 2.90. The van der Waals surface area contributed by atoms with Crippen LogP contribution in [0.25, 0.3) is 0 Å². The molecule has 0 saturated carbocycles. The summed E-state index contributed by atoms with van der Waals surface area (Å²) in [6, 6.07) is 12.2. The minimum Gasteiger partial charge on any atom is -0.313 e. The van der Waals surface area contributed by atoms with Crippen molar-refractivity contribution in [3.63, 3.8) is 0 Å². The molecule has 0 spiro atoms. The van der Waals surface area contributed by atoms with Crippen LogP contribution in [0.3, 0.4) is 0 Å². The normalized spacial score (nSPS) is 21.4. The largest absolute Gasteiger partial charge is 0.313 e. The number of likely N-dealkylation sites (N-methyl/N-ethyl adjacent to an activating group) is 1. The monoisotopic (exact) mass is 246 g/mol. The smallest absolute Gasteiger partial charge is 0.0195 e. The second kappa shape index (κ2) is 6.91. The average molecular weight is 246 g/mol. The van der Waals surface area contributed by atoms with Gasteiger partial charge in [0.25, 0.3) is 0 Å². The Bertz CT molecular complexity index is 330. The van der Waals surface area contributed by atoms with Gasteiger partial charge in [0.05, 0.1) is 0 Å². The lowest BCUT2D eigenvalue weighted by Gasteiger charge is -2.30. The summed E-state index contributed by atoms with van der Waals surface area (Å²) in [7, 11) is 0. The Hall–Kier alpha value is -0.860. The van der Waals surface area contributed by atoms with Crippen molar-refractivity contribution >= 4 is 0 Å². The summed E-state index contributed by atoms with van der Waals surface area (Å²) in [4.78, 5) is 2.61. The van der Waals surface area contributed by atoms with Crippen LogP contribution < -0.4 is 5.32 Å². The molecule has 2 rings (SSSR count). The van der Waals surface area contributed by atoms with Gasteiger partial charge in [-0.15, -0.1) is 0 Å². The highest BCUT2D eigenvalue weighted by molar-refractivity contribution is 5.15. The van der Waals surface area contributed by atoms with Gasteiger partial charge in [0.1, 0.15) is 0 Å². The van der Waals surface area contributed by atoms with Crippen LogP contribution in [0.1, 0.15) is 32.3 Å². The summed E-state index contributed by atoms with van der Waals surface area (Å²) in [6.45, 7) is 8.17. The molecule has 2 unspecified atom stereocenters. The second-order valence-corrected chi connectivity index (χ2v) is 5.42. The minimum atomic E-state index is 0.625. The van der Waals surface area contributed by atoms with E-state index in [4.69, 9.17) is 0 Å². The zero-order valence-corrected chi connectivity index (χ0v) is 11.7.